The van der Waals surface area contributed by atoms with E-state index >= 15 is 0 Å². The smallest absolute Gasteiger partial charge is 0.180 e. The maximum Gasteiger partial charge on any atom is 0.180 e. The number of ether oxygens (including phenoxy) is 4. The normalized spacial score (nSPS) is 10.8. The molecule has 168 valence electrons. The van der Waals surface area contributed by atoms with Crippen molar-refractivity contribution in [3.63, 3.8) is 0 Å². The fourth-order valence-corrected chi connectivity index (χ4v) is 3.43. The molecule has 1 N–H and O–H groups in total. The molecule has 0 saturated carbocycles. The topological polar surface area (TPSA) is 61.3 Å². The van der Waals surface area contributed by atoms with E-state index in [0.717, 1.165) is 16.7 Å². The van der Waals surface area contributed by atoms with E-state index in [1.54, 1.807) is 39.7 Å². The van der Waals surface area contributed by atoms with Crippen LogP contribution in [0.15, 0.2) is 59.7 Å². The zero-order valence-electron chi connectivity index (χ0n) is 18.0. The van der Waals surface area contributed by atoms with Crippen molar-refractivity contribution in [3.8, 4) is 23.0 Å². The van der Waals surface area contributed by atoms with E-state index in [1.807, 2.05) is 42.5 Å². The van der Waals surface area contributed by atoms with Gasteiger partial charge < -0.3 is 24.4 Å². The molecule has 0 saturated heterocycles. The van der Waals surface area contributed by atoms with Gasteiger partial charge in [0.15, 0.2) is 23.0 Å². The number of nitrogens with zero attached hydrogens (tertiary/aromatic N) is 1. The third-order valence-corrected chi connectivity index (χ3v) is 5.27. The maximum absolute atomic E-state index is 6.44. The SMILES string of the molecule is COc1ccc(CN/N=C/c2cc(Cl)c(OCc3ccccc3Cl)c(OC)c2)cc1OC. The summed E-state index contributed by atoms with van der Waals surface area (Å²) in [5.41, 5.74) is 5.62. The molecule has 0 amide bonds. The molecule has 0 aliphatic carbocycles. The van der Waals surface area contributed by atoms with Gasteiger partial charge in [-0.15, -0.1) is 0 Å². The van der Waals surface area contributed by atoms with Gasteiger partial charge in [0.25, 0.3) is 0 Å². The second-order valence-electron chi connectivity index (χ2n) is 6.70. The van der Waals surface area contributed by atoms with Crippen LogP contribution in [-0.4, -0.2) is 27.5 Å². The van der Waals surface area contributed by atoms with Crippen LogP contribution in [0.5, 0.6) is 23.0 Å². The number of halogens is 2. The van der Waals surface area contributed by atoms with Crippen LogP contribution >= 0.6 is 23.2 Å². The number of hydrogen-bond donors (Lipinski definition) is 1. The van der Waals surface area contributed by atoms with Crippen LogP contribution in [0.1, 0.15) is 16.7 Å². The highest BCUT2D eigenvalue weighted by Crippen LogP contribution is 2.37. The van der Waals surface area contributed by atoms with Crippen LogP contribution in [0.3, 0.4) is 0 Å². The van der Waals surface area contributed by atoms with E-state index in [9.17, 15) is 0 Å². The Labute approximate surface area is 197 Å². The van der Waals surface area contributed by atoms with Crippen molar-refractivity contribution in [1.29, 1.82) is 0 Å². The molecule has 0 unspecified atom stereocenters. The van der Waals surface area contributed by atoms with Gasteiger partial charge in [-0.2, -0.15) is 5.10 Å². The second kappa shape index (κ2) is 11.5. The predicted octanol–water partition coefficient (Wildman–Crippen LogP) is 5.72. The van der Waals surface area contributed by atoms with E-state index in [-0.39, 0.29) is 6.61 Å². The van der Waals surface area contributed by atoms with Crippen LogP contribution in [0.25, 0.3) is 0 Å². The monoisotopic (exact) mass is 474 g/mol. The van der Waals surface area contributed by atoms with Crippen LogP contribution < -0.4 is 24.4 Å². The molecule has 32 heavy (non-hydrogen) atoms. The largest absolute Gasteiger partial charge is 0.493 e. The van der Waals surface area contributed by atoms with Crippen LogP contribution in [0, 0.1) is 0 Å². The highest BCUT2D eigenvalue weighted by molar-refractivity contribution is 6.32. The van der Waals surface area contributed by atoms with Gasteiger partial charge in [-0.05, 0) is 41.5 Å². The molecule has 0 aliphatic rings. The van der Waals surface area contributed by atoms with Crippen LogP contribution in [-0.2, 0) is 13.2 Å². The summed E-state index contributed by atoms with van der Waals surface area (Å²) in [4.78, 5) is 0. The van der Waals surface area contributed by atoms with E-state index in [1.165, 1.54) is 0 Å². The summed E-state index contributed by atoms with van der Waals surface area (Å²) >= 11 is 12.6. The number of methoxy groups -OCH3 is 3. The first kappa shape index (κ1) is 23.6. The van der Waals surface area contributed by atoms with Crippen molar-refractivity contribution in [2.75, 3.05) is 21.3 Å². The lowest BCUT2D eigenvalue weighted by Crippen LogP contribution is -2.06. The molecule has 8 heteroatoms. The van der Waals surface area contributed by atoms with E-state index in [0.29, 0.717) is 39.6 Å². The lowest BCUT2D eigenvalue weighted by molar-refractivity contribution is 0.285. The van der Waals surface area contributed by atoms with E-state index in [2.05, 4.69) is 10.5 Å². The molecular formula is C24H24Cl2N2O4. The second-order valence-corrected chi connectivity index (χ2v) is 7.51. The zero-order valence-corrected chi connectivity index (χ0v) is 19.5. The molecule has 0 aromatic heterocycles. The molecule has 3 aromatic rings. The number of hydrogen-bond acceptors (Lipinski definition) is 6. The van der Waals surface area contributed by atoms with Crippen LogP contribution in [0.4, 0.5) is 0 Å². The molecule has 0 bridgehead atoms. The number of rotatable bonds is 10. The summed E-state index contributed by atoms with van der Waals surface area (Å²) in [5, 5.41) is 5.31. The third-order valence-electron chi connectivity index (χ3n) is 4.62. The van der Waals surface area contributed by atoms with Crippen molar-refractivity contribution >= 4 is 29.4 Å². The van der Waals surface area contributed by atoms with Gasteiger partial charge in [-0.25, -0.2) is 0 Å². The third kappa shape index (κ3) is 5.99. The van der Waals surface area contributed by atoms with Gasteiger partial charge in [-0.3, -0.25) is 0 Å². The van der Waals surface area contributed by atoms with Gasteiger partial charge in [0.1, 0.15) is 6.61 Å². The highest BCUT2D eigenvalue weighted by Gasteiger charge is 2.13. The van der Waals surface area contributed by atoms with Gasteiger partial charge in [-0.1, -0.05) is 47.5 Å². The van der Waals surface area contributed by atoms with E-state index in [4.69, 9.17) is 42.1 Å². The zero-order chi connectivity index (χ0) is 22.9. The average molecular weight is 475 g/mol. The summed E-state index contributed by atoms with van der Waals surface area (Å²) in [6, 6.07) is 16.7. The van der Waals surface area contributed by atoms with Crippen molar-refractivity contribution in [3.05, 3.63) is 81.3 Å². The standard InChI is InChI=1S/C24H24Cl2N2O4/c1-29-21-9-8-16(11-22(21)30-2)13-27-28-14-17-10-20(26)24(23(12-17)31-3)32-15-18-6-4-5-7-19(18)25/h4-12,14,27H,13,15H2,1-3H3/b28-14+. The fourth-order valence-electron chi connectivity index (χ4n) is 2.97. The first-order valence-corrected chi connectivity index (χ1v) is 10.5. The molecular weight excluding hydrogens is 451 g/mol. The molecule has 3 rings (SSSR count). The summed E-state index contributed by atoms with van der Waals surface area (Å²) in [6.07, 6.45) is 1.66. The molecule has 0 atom stereocenters. The molecule has 0 fully saturated rings. The van der Waals surface area contributed by atoms with Gasteiger partial charge >= 0.3 is 0 Å². The van der Waals surface area contributed by atoms with Crippen molar-refractivity contribution in [1.82, 2.24) is 5.43 Å². The van der Waals surface area contributed by atoms with Gasteiger partial charge in [0, 0.05) is 10.6 Å². The summed E-state index contributed by atoms with van der Waals surface area (Å²) in [6.45, 7) is 0.789. The van der Waals surface area contributed by atoms with Gasteiger partial charge in [0.2, 0.25) is 0 Å². The first-order chi connectivity index (χ1) is 15.5. The Morgan fingerprint density at radius 3 is 2.31 bits per heavy atom. The molecule has 0 radical (unpaired) electrons. The van der Waals surface area contributed by atoms with Crippen molar-refractivity contribution in [2.24, 2.45) is 5.10 Å². The summed E-state index contributed by atoms with van der Waals surface area (Å²) in [5.74, 6) is 2.30. The summed E-state index contributed by atoms with van der Waals surface area (Å²) < 4.78 is 21.9. The number of nitrogens with one attached hydrogen (secondary N) is 1. The lowest BCUT2D eigenvalue weighted by Gasteiger charge is -2.14. The Kier molecular flexibility index (Phi) is 8.48. The Bertz CT molecular complexity index is 1090. The van der Waals surface area contributed by atoms with Crippen LogP contribution in [0.2, 0.25) is 10.0 Å². The Balaban J connectivity index is 1.65. The lowest BCUT2D eigenvalue weighted by atomic mass is 10.2. The predicted molar refractivity (Wildman–Crippen MR) is 128 cm³/mol. The average Bonchev–Trinajstić information content (AvgIpc) is 2.81. The Morgan fingerprint density at radius 2 is 1.59 bits per heavy atom. The number of hydrazone groups is 1. The molecule has 6 nitrogen and oxygen atoms in total. The quantitative estimate of drug-likeness (QED) is 0.300. The van der Waals surface area contributed by atoms with Crippen molar-refractivity contribution in [2.45, 2.75) is 13.2 Å². The Hall–Kier alpha value is -3.09. The minimum absolute atomic E-state index is 0.274. The highest BCUT2D eigenvalue weighted by atomic mass is 35.5. The molecule has 3 aromatic carbocycles. The van der Waals surface area contributed by atoms with E-state index < -0.39 is 0 Å². The first-order valence-electron chi connectivity index (χ1n) is 9.76. The fraction of sp³-hybridized carbons (Fsp3) is 0.208. The minimum Gasteiger partial charge on any atom is -0.493 e. The molecule has 0 aliphatic heterocycles. The minimum atomic E-state index is 0.274. The summed E-state index contributed by atoms with van der Waals surface area (Å²) in [7, 11) is 4.77. The van der Waals surface area contributed by atoms with Crippen molar-refractivity contribution < 1.29 is 18.9 Å². The van der Waals surface area contributed by atoms with Gasteiger partial charge in [0.05, 0.1) is 39.1 Å². The Morgan fingerprint density at radius 1 is 0.844 bits per heavy atom. The number of benzene rings is 3. The molecule has 0 spiro atoms. The molecule has 0 heterocycles. The maximum atomic E-state index is 6.44.